The van der Waals surface area contributed by atoms with E-state index in [1.54, 1.807) is 18.2 Å². The number of aliphatic hydroxyl groups excluding tert-OH is 1. The van der Waals surface area contributed by atoms with Gasteiger partial charge in [-0.2, -0.15) is 0 Å². The lowest BCUT2D eigenvalue weighted by Crippen LogP contribution is -2.00. The SMILES string of the molecule is Cc1cc(C(O)Cc2cccc(F)c2)co1. The van der Waals surface area contributed by atoms with E-state index in [0.717, 1.165) is 16.9 Å². The summed E-state index contributed by atoms with van der Waals surface area (Å²) in [6.07, 6.45) is 1.26. The van der Waals surface area contributed by atoms with Crippen molar-refractivity contribution in [1.29, 1.82) is 0 Å². The monoisotopic (exact) mass is 220 g/mol. The molecule has 0 fully saturated rings. The summed E-state index contributed by atoms with van der Waals surface area (Å²) in [5, 5.41) is 9.90. The van der Waals surface area contributed by atoms with Crippen LogP contribution in [0.4, 0.5) is 4.39 Å². The number of aliphatic hydroxyl groups is 1. The molecule has 0 saturated heterocycles. The van der Waals surface area contributed by atoms with Crippen LogP contribution in [0.1, 0.15) is 23.0 Å². The van der Waals surface area contributed by atoms with Gasteiger partial charge in [-0.3, -0.25) is 0 Å². The molecule has 84 valence electrons. The highest BCUT2D eigenvalue weighted by atomic mass is 19.1. The number of aryl methyl sites for hydroxylation is 1. The second kappa shape index (κ2) is 4.49. The average Bonchev–Trinajstić information content (AvgIpc) is 2.65. The first kappa shape index (κ1) is 10.9. The van der Waals surface area contributed by atoms with E-state index in [9.17, 15) is 9.50 Å². The second-order valence-corrected chi connectivity index (χ2v) is 3.84. The minimum atomic E-state index is -0.653. The fraction of sp³-hybridized carbons (Fsp3) is 0.231. The van der Waals surface area contributed by atoms with Gasteiger partial charge in [0.15, 0.2) is 0 Å². The Bertz CT molecular complexity index is 476. The summed E-state index contributed by atoms with van der Waals surface area (Å²) in [4.78, 5) is 0. The molecule has 0 bridgehead atoms. The van der Waals surface area contributed by atoms with Gasteiger partial charge in [0.25, 0.3) is 0 Å². The molecule has 1 heterocycles. The summed E-state index contributed by atoms with van der Waals surface area (Å²) < 4.78 is 18.0. The summed E-state index contributed by atoms with van der Waals surface area (Å²) in [7, 11) is 0. The van der Waals surface area contributed by atoms with E-state index in [0.29, 0.717) is 6.42 Å². The molecule has 0 aliphatic carbocycles. The van der Waals surface area contributed by atoms with Crippen molar-refractivity contribution in [2.75, 3.05) is 0 Å². The first-order valence-corrected chi connectivity index (χ1v) is 5.12. The first-order chi connectivity index (χ1) is 7.65. The summed E-state index contributed by atoms with van der Waals surface area (Å²) in [5.74, 6) is 0.473. The molecular formula is C13H13FO2. The van der Waals surface area contributed by atoms with E-state index in [2.05, 4.69) is 0 Å². The van der Waals surface area contributed by atoms with Gasteiger partial charge < -0.3 is 9.52 Å². The highest BCUT2D eigenvalue weighted by Gasteiger charge is 2.11. The van der Waals surface area contributed by atoms with Crippen LogP contribution in [-0.4, -0.2) is 5.11 Å². The van der Waals surface area contributed by atoms with Crippen LogP contribution in [0.15, 0.2) is 41.0 Å². The van der Waals surface area contributed by atoms with Crippen molar-refractivity contribution in [2.45, 2.75) is 19.4 Å². The molecular weight excluding hydrogens is 207 g/mol. The van der Waals surface area contributed by atoms with Crippen molar-refractivity contribution < 1.29 is 13.9 Å². The van der Waals surface area contributed by atoms with Gasteiger partial charge in [0.1, 0.15) is 11.6 Å². The van der Waals surface area contributed by atoms with Gasteiger partial charge in [-0.15, -0.1) is 0 Å². The van der Waals surface area contributed by atoms with Crippen molar-refractivity contribution in [3.63, 3.8) is 0 Å². The fourth-order valence-electron chi connectivity index (χ4n) is 1.64. The Balaban J connectivity index is 2.10. The van der Waals surface area contributed by atoms with Crippen LogP contribution < -0.4 is 0 Å². The summed E-state index contributed by atoms with van der Waals surface area (Å²) >= 11 is 0. The lowest BCUT2D eigenvalue weighted by atomic mass is 10.0. The van der Waals surface area contributed by atoms with E-state index < -0.39 is 6.10 Å². The molecule has 2 nitrogen and oxygen atoms in total. The lowest BCUT2D eigenvalue weighted by Gasteiger charge is -2.07. The van der Waals surface area contributed by atoms with Gasteiger partial charge in [-0.05, 0) is 30.7 Å². The molecule has 0 amide bonds. The third-order valence-electron chi connectivity index (χ3n) is 2.45. The maximum Gasteiger partial charge on any atom is 0.123 e. The molecule has 0 radical (unpaired) electrons. The van der Waals surface area contributed by atoms with Crippen molar-refractivity contribution >= 4 is 0 Å². The third-order valence-corrected chi connectivity index (χ3v) is 2.45. The zero-order valence-corrected chi connectivity index (χ0v) is 8.98. The largest absolute Gasteiger partial charge is 0.469 e. The van der Waals surface area contributed by atoms with Crippen molar-refractivity contribution in [3.05, 3.63) is 59.3 Å². The second-order valence-electron chi connectivity index (χ2n) is 3.84. The predicted molar refractivity (Wildman–Crippen MR) is 58.5 cm³/mol. The highest BCUT2D eigenvalue weighted by Crippen LogP contribution is 2.20. The van der Waals surface area contributed by atoms with E-state index >= 15 is 0 Å². The smallest absolute Gasteiger partial charge is 0.123 e. The minimum Gasteiger partial charge on any atom is -0.469 e. The lowest BCUT2D eigenvalue weighted by molar-refractivity contribution is 0.177. The van der Waals surface area contributed by atoms with Gasteiger partial charge in [-0.25, -0.2) is 4.39 Å². The van der Waals surface area contributed by atoms with Crippen LogP contribution >= 0.6 is 0 Å². The standard InChI is InChI=1S/C13H13FO2/c1-9-5-11(8-16-9)13(15)7-10-3-2-4-12(14)6-10/h2-6,8,13,15H,7H2,1H3. The molecule has 2 rings (SSSR count). The quantitative estimate of drug-likeness (QED) is 0.862. The molecule has 1 aromatic heterocycles. The van der Waals surface area contributed by atoms with Gasteiger partial charge >= 0.3 is 0 Å². The summed E-state index contributed by atoms with van der Waals surface area (Å²) in [6, 6.07) is 8.02. The van der Waals surface area contributed by atoms with Crippen LogP contribution in [0.25, 0.3) is 0 Å². The Kier molecular flexibility index (Phi) is 3.06. The maximum absolute atomic E-state index is 12.9. The molecule has 3 heteroatoms. The van der Waals surface area contributed by atoms with Gasteiger partial charge in [0, 0.05) is 12.0 Å². The fourth-order valence-corrected chi connectivity index (χ4v) is 1.64. The molecule has 1 atom stereocenters. The normalized spacial score (nSPS) is 12.7. The van der Waals surface area contributed by atoms with E-state index in [4.69, 9.17) is 4.42 Å². The summed E-state index contributed by atoms with van der Waals surface area (Å²) in [5.41, 5.74) is 1.49. The zero-order chi connectivity index (χ0) is 11.5. The van der Waals surface area contributed by atoms with Crippen LogP contribution in [0.5, 0.6) is 0 Å². The Morgan fingerprint density at radius 1 is 1.38 bits per heavy atom. The predicted octanol–water partition coefficient (Wildman–Crippen LogP) is 3.00. The average molecular weight is 220 g/mol. The number of furan rings is 1. The van der Waals surface area contributed by atoms with E-state index in [1.807, 2.05) is 6.92 Å². The molecule has 0 saturated carbocycles. The molecule has 0 spiro atoms. The number of benzene rings is 1. The molecule has 16 heavy (non-hydrogen) atoms. The molecule has 1 aromatic carbocycles. The number of halogens is 1. The van der Waals surface area contributed by atoms with Crippen molar-refractivity contribution in [1.82, 2.24) is 0 Å². The Morgan fingerprint density at radius 2 is 2.19 bits per heavy atom. The Morgan fingerprint density at radius 3 is 2.81 bits per heavy atom. The van der Waals surface area contributed by atoms with Gasteiger partial charge in [0.05, 0.1) is 12.4 Å². The first-order valence-electron chi connectivity index (χ1n) is 5.12. The Hall–Kier alpha value is -1.61. The van der Waals surface area contributed by atoms with Gasteiger partial charge in [0.2, 0.25) is 0 Å². The third kappa shape index (κ3) is 2.49. The Labute approximate surface area is 93.3 Å². The number of hydrogen-bond donors (Lipinski definition) is 1. The molecule has 1 unspecified atom stereocenters. The van der Waals surface area contributed by atoms with E-state index in [1.165, 1.54) is 18.4 Å². The number of rotatable bonds is 3. The topological polar surface area (TPSA) is 33.4 Å². The van der Waals surface area contributed by atoms with Crippen molar-refractivity contribution in [3.8, 4) is 0 Å². The van der Waals surface area contributed by atoms with Crippen LogP contribution in [0, 0.1) is 12.7 Å². The van der Waals surface area contributed by atoms with Gasteiger partial charge in [-0.1, -0.05) is 12.1 Å². The molecule has 0 aliphatic heterocycles. The van der Waals surface area contributed by atoms with E-state index in [-0.39, 0.29) is 5.82 Å². The molecule has 0 aliphatic rings. The zero-order valence-electron chi connectivity index (χ0n) is 8.98. The molecule has 1 N–H and O–H groups in total. The van der Waals surface area contributed by atoms with Crippen LogP contribution in [0.3, 0.4) is 0 Å². The maximum atomic E-state index is 12.9. The van der Waals surface area contributed by atoms with Crippen molar-refractivity contribution in [2.24, 2.45) is 0 Å². The summed E-state index contributed by atoms with van der Waals surface area (Å²) in [6.45, 7) is 1.82. The van der Waals surface area contributed by atoms with Crippen LogP contribution in [0.2, 0.25) is 0 Å². The molecule has 2 aromatic rings. The van der Waals surface area contributed by atoms with Crippen LogP contribution in [-0.2, 0) is 6.42 Å². The highest BCUT2D eigenvalue weighted by molar-refractivity contribution is 5.21. The minimum absolute atomic E-state index is 0.284. The number of hydrogen-bond acceptors (Lipinski definition) is 2.